The largest absolute Gasteiger partial charge is 0.357 e. The minimum absolute atomic E-state index is 0.0477. The van der Waals surface area contributed by atoms with Gasteiger partial charge in [-0.3, -0.25) is 0 Å². The van der Waals surface area contributed by atoms with Gasteiger partial charge in [-0.05, 0) is 12.0 Å². The van der Waals surface area contributed by atoms with E-state index in [9.17, 15) is 0 Å². The Morgan fingerprint density at radius 1 is 1.35 bits per heavy atom. The van der Waals surface area contributed by atoms with E-state index >= 15 is 0 Å². The number of nitrogens with two attached hydrogens (primary N) is 1. The second-order valence-electron chi connectivity index (χ2n) is 5.02. The van der Waals surface area contributed by atoms with Crippen LogP contribution < -0.4 is 10.6 Å². The van der Waals surface area contributed by atoms with E-state index in [0.717, 1.165) is 17.9 Å². The molecular weight excluding hydrogens is 216 g/mol. The second kappa shape index (κ2) is 4.29. The van der Waals surface area contributed by atoms with Crippen LogP contribution in [-0.2, 0) is 0 Å². The molecule has 0 aromatic carbocycles. The van der Waals surface area contributed by atoms with Crippen molar-refractivity contribution < 1.29 is 0 Å². The van der Waals surface area contributed by atoms with E-state index in [1.807, 2.05) is 7.05 Å². The highest BCUT2D eigenvalue weighted by Gasteiger charge is 2.20. The molecule has 0 saturated heterocycles. The second-order valence-corrected chi connectivity index (χ2v) is 5.02. The topological polar surface area (TPSA) is 83.7 Å². The lowest BCUT2D eigenvalue weighted by Crippen LogP contribution is -2.37. The molecule has 17 heavy (non-hydrogen) atoms. The van der Waals surface area contributed by atoms with Gasteiger partial charge in [0.05, 0.1) is 6.33 Å². The van der Waals surface area contributed by atoms with Crippen LogP contribution in [0.3, 0.4) is 0 Å². The Balaban J connectivity index is 2.30. The highest BCUT2D eigenvalue weighted by molar-refractivity contribution is 5.82. The van der Waals surface area contributed by atoms with Crippen molar-refractivity contribution in [3.05, 3.63) is 12.7 Å². The molecule has 0 fully saturated rings. The summed E-state index contributed by atoms with van der Waals surface area (Å²) in [7, 11) is 2.00. The van der Waals surface area contributed by atoms with Gasteiger partial charge < -0.3 is 15.6 Å². The van der Waals surface area contributed by atoms with Crippen LogP contribution in [0.1, 0.15) is 13.8 Å². The molecule has 6 heteroatoms. The van der Waals surface area contributed by atoms with E-state index in [1.165, 1.54) is 6.33 Å². The van der Waals surface area contributed by atoms with Gasteiger partial charge in [-0.1, -0.05) is 13.8 Å². The summed E-state index contributed by atoms with van der Waals surface area (Å²) in [6.07, 6.45) is 3.16. The summed E-state index contributed by atoms with van der Waals surface area (Å²) >= 11 is 0. The molecule has 0 spiro atoms. The van der Waals surface area contributed by atoms with E-state index in [1.54, 1.807) is 6.33 Å². The lowest BCUT2D eigenvalue weighted by atomic mass is 9.93. The van der Waals surface area contributed by atoms with Crippen molar-refractivity contribution in [2.24, 2.45) is 11.1 Å². The van der Waals surface area contributed by atoms with E-state index in [0.29, 0.717) is 12.2 Å². The summed E-state index contributed by atoms with van der Waals surface area (Å²) < 4.78 is 0. The smallest absolute Gasteiger partial charge is 0.182 e. The van der Waals surface area contributed by atoms with Gasteiger partial charge in [0, 0.05) is 13.6 Å². The fraction of sp³-hybridized carbons (Fsp3) is 0.545. The third kappa shape index (κ3) is 2.36. The number of fused-ring (bicyclic) bond motifs is 1. The number of H-pyrrole nitrogens is 1. The zero-order chi connectivity index (χ0) is 12.5. The van der Waals surface area contributed by atoms with Gasteiger partial charge >= 0.3 is 0 Å². The molecule has 0 saturated carbocycles. The molecule has 0 radical (unpaired) electrons. The maximum atomic E-state index is 5.75. The zero-order valence-corrected chi connectivity index (χ0v) is 10.4. The summed E-state index contributed by atoms with van der Waals surface area (Å²) in [6.45, 7) is 5.73. The third-order valence-corrected chi connectivity index (χ3v) is 2.78. The number of nitrogens with zero attached hydrogens (tertiary/aromatic N) is 4. The summed E-state index contributed by atoms with van der Waals surface area (Å²) in [5, 5.41) is 0. The molecule has 0 unspecified atom stereocenters. The fourth-order valence-corrected chi connectivity index (χ4v) is 1.82. The van der Waals surface area contributed by atoms with Crippen LogP contribution in [0, 0.1) is 5.41 Å². The van der Waals surface area contributed by atoms with Crippen LogP contribution in [0.2, 0.25) is 0 Å². The van der Waals surface area contributed by atoms with Crippen molar-refractivity contribution in [2.45, 2.75) is 13.8 Å². The zero-order valence-electron chi connectivity index (χ0n) is 10.4. The number of anilines is 1. The van der Waals surface area contributed by atoms with E-state index in [-0.39, 0.29) is 5.41 Å². The molecule has 2 aromatic heterocycles. The quantitative estimate of drug-likeness (QED) is 0.816. The summed E-state index contributed by atoms with van der Waals surface area (Å²) in [4.78, 5) is 17.7. The third-order valence-electron chi connectivity index (χ3n) is 2.78. The molecule has 0 aliphatic rings. The summed E-state index contributed by atoms with van der Waals surface area (Å²) in [6, 6.07) is 0. The summed E-state index contributed by atoms with van der Waals surface area (Å²) in [5.41, 5.74) is 7.34. The van der Waals surface area contributed by atoms with Crippen molar-refractivity contribution in [2.75, 3.05) is 25.0 Å². The maximum Gasteiger partial charge on any atom is 0.182 e. The standard InChI is InChI=1S/C11H18N6/c1-11(2,4-12)5-17(3)10-8-9(14-6-13-8)15-7-16-10/h6-7H,4-5,12H2,1-3H3,(H,13,14,15,16). The van der Waals surface area contributed by atoms with Gasteiger partial charge in [-0.2, -0.15) is 0 Å². The Labute approximate surface area is 100 Å². The molecule has 0 amide bonds. The number of hydrogen-bond donors (Lipinski definition) is 2. The van der Waals surface area contributed by atoms with Crippen LogP contribution in [0.5, 0.6) is 0 Å². The Bertz CT molecular complexity index is 503. The number of aromatic nitrogens is 4. The van der Waals surface area contributed by atoms with Crippen LogP contribution in [0.15, 0.2) is 12.7 Å². The predicted molar refractivity (Wildman–Crippen MR) is 67.8 cm³/mol. The van der Waals surface area contributed by atoms with Gasteiger partial charge in [-0.15, -0.1) is 0 Å². The van der Waals surface area contributed by atoms with Crippen molar-refractivity contribution in [1.82, 2.24) is 19.9 Å². The maximum absolute atomic E-state index is 5.75. The molecule has 6 nitrogen and oxygen atoms in total. The van der Waals surface area contributed by atoms with Gasteiger partial charge in [0.2, 0.25) is 0 Å². The average Bonchev–Trinajstić information content (AvgIpc) is 2.76. The lowest BCUT2D eigenvalue weighted by molar-refractivity contribution is 0.384. The molecule has 0 aliphatic heterocycles. The molecule has 2 aromatic rings. The number of imidazole rings is 1. The first-order valence-electron chi connectivity index (χ1n) is 5.59. The fourth-order valence-electron chi connectivity index (χ4n) is 1.82. The average molecular weight is 234 g/mol. The first-order chi connectivity index (χ1) is 8.03. The van der Waals surface area contributed by atoms with Gasteiger partial charge in [0.25, 0.3) is 0 Å². The SMILES string of the molecule is CN(CC(C)(C)CN)c1ncnc2nc[nH]c12. The van der Waals surface area contributed by atoms with Crippen LogP contribution in [0.25, 0.3) is 11.2 Å². The molecule has 92 valence electrons. The van der Waals surface area contributed by atoms with E-state index in [2.05, 4.69) is 38.7 Å². The van der Waals surface area contributed by atoms with Gasteiger partial charge in [0.1, 0.15) is 11.8 Å². The van der Waals surface area contributed by atoms with E-state index < -0.39 is 0 Å². The highest BCUT2D eigenvalue weighted by atomic mass is 15.2. The molecule has 2 heterocycles. The molecular formula is C11H18N6. The number of aromatic amines is 1. The Morgan fingerprint density at radius 3 is 2.82 bits per heavy atom. The molecule has 2 rings (SSSR count). The monoisotopic (exact) mass is 234 g/mol. The molecule has 0 bridgehead atoms. The van der Waals surface area contributed by atoms with Crippen molar-refractivity contribution in [3.8, 4) is 0 Å². The van der Waals surface area contributed by atoms with Gasteiger partial charge in [0.15, 0.2) is 11.5 Å². The molecule has 0 aliphatic carbocycles. The van der Waals surface area contributed by atoms with E-state index in [4.69, 9.17) is 5.73 Å². The first-order valence-corrected chi connectivity index (χ1v) is 5.59. The molecule has 0 atom stereocenters. The van der Waals surface area contributed by atoms with Crippen molar-refractivity contribution >= 4 is 17.0 Å². The minimum atomic E-state index is 0.0477. The minimum Gasteiger partial charge on any atom is -0.357 e. The summed E-state index contributed by atoms with van der Waals surface area (Å²) in [5.74, 6) is 0.856. The van der Waals surface area contributed by atoms with Crippen molar-refractivity contribution in [1.29, 1.82) is 0 Å². The van der Waals surface area contributed by atoms with Gasteiger partial charge in [-0.25, -0.2) is 15.0 Å². The van der Waals surface area contributed by atoms with Crippen molar-refractivity contribution in [3.63, 3.8) is 0 Å². The van der Waals surface area contributed by atoms with Crippen LogP contribution >= 0.6 is 0 Å². The Hall–Kier alpha value is -1.69. The highest BCUT2D eigenvalue weighted by Crippen LogP contribution is 2.22. The Morgan fingerprint density at radius 2 is 2.12 bits per heavy atom. The number of rotatable bonds is 4. The predicted octanol–water partition coefficient (Wildman–Crippen LogP) is 0.774. The van der Waals surface area contributed by atoms with Crippen LogP contribution in [-0.4, -0.2) is 40.1 Å². The first kappa shape index (κ1) is 11.8. The lowest BCUT2D eigenvalue weighted by Gasteiger charge is -2.29. The number of nitrogens with one attached hydrogen (secondary N) is 1. The molecule has 3 N–H and O–H groups in total. The Kier molecular flexibility index (Phi) is 2.97. The number of hydrogen-bond acceptors (Lipinski definition) is 5. The normalized spacial score (nSPS) is 12.0. The van der Waals surface area contributed by atoms with Crippen LogP contribution in [0.4, 0.5) is 5.82 Å².